The van der Waals surface area contributed by atoms with Crippen molar-refractivity contribution in [2.75, 3.05) is 38.8 Å². The van der Waals surface area contributed by atoms with Gasteiger partial charge in [-0.2, -0.15) is 0 Å². The van der Waals surface area contributed by atoms with Crippen molar-refractivity contribution in [3.05, 3.63) is 52.2 Å². The summed E-state index contributed by atoms with van der Waals surface area (Å²) in [5.41, 5.74) is 1.73. The first-order valence-corrected chi connectivity index (χ1v) is 9.16. The van der Waals surface area contributed by atoms with Crippen molar-refractivity contribution in [3.8, 4) is 0 Å². The molecule has 1 aliphatic rings. The molecule has 3 rings (SSSR count). The highest BCUT2D eigenvalue weighted by Gasteiger charge is 2.35. The van der Waals surface area contributed by atoms with E-state index in [4.69, 9.17) is 4.74 Å². The Balaban J connectivity index is 1.73. The van der Waals surface area contributed by atoms with Crippen LogP contribution >= 0.6 is 11.3 Å². The number of amides is 1. The van der Waals surface area contributed by atoms with Gasteiger partial charge in [0, 0.05) is 55.4 Å². The molecule has 0 spiro atoms. The zero-order valence-electron chi connectivity index (χ0n) is 14.2. The molecule has 1 N–H and O–H groups in total. The van der Waals surface area contributed by atoms with Gasteiger partial charge in [0.2, 0.25) is 0 Å². The molecule has 1 saturated heterocycles. The smallest absolute Gasteiger partial charge is 0.251 e. The minimum atomic E-state index is -0.0128. The zero-order chi connectivity index (χ0) is 17.0. The fraction of sp³-hybridized carbons (Fsp3) is 0.421. The molecule has 1 aromatic carbocycles. The first kappa shape index (κ1) is 17.0. The van der Waals surface area contributed by atoms with Crippen LogP contribution in [-0.2, 0) is 10.2 Å². The Kier molecular flexibility index (Phi) is 5.21. The van der Waals surface area contributed by atoms with Gasteiger partial charge in [-0.3, -0.25) is 4.79 Å². The van der Waals surface area contributed by atoms with Crippen LogP contribution in [0.4, 0.5) is 5.69 Å². The highest BCUT2D eigenvalue weighted by Crippen LogP contribution is 2.37. The van der Waals surface area contributed by atoms with E-state index < -0.39 is 0 Å². The van der Waals surface area contributed by atoms with Crippen LogP contribution in [0, 0.1) is 0 Å². The molecule has 0 unspecified atom stereocenters. The second-order valence-corrected chi connectivity index (χ2v) is 7.45. The van der Waals surface area contributed by atoms with Gasteiger partial charge in [-0.25, -0.2) is 0 Å². The number of hydrogen-bond donors (Lipinski definition) is 1. The van der Waals surface area contributed by atoms with Crippen molar-refractivity contribution < 1.29 is 9.53 Å². The molecule has 1 fully saturated rings. The van der Waals surface area contributed by atoms with E-state index in [9.17, 15) is 4.79 Å². The molecular weight excluding hydrogens is 320 g/mol. The lowest BCUT2D eigenvalue weighted by atomic mass is 9.78. The van der Waals surface area contributed by atoms with Gasteiger partial charge in [0.25, 0.3) is 5.91 Å². The predicted octanol–water partition coefficient (Wildman–Crippen LogP) is 3.29. The number of nitrogens with zero attached hydrogens (tertiary/aromatic N) is 1. The molecule has 1 aliphatic heterocycles. The Morgan fingerprint density at radius 1 is 1.25 bits per heavy atom. The van der Waals surface area contributed by atoms with Crippen LogP contribution in [0.15, 0.2) is 41.8 Å². The molecule has 0 bridgehead atoms. The molecule has 128 valence electrons. The van der Waals surface area contributed by atoms with Gasteiger partial charge in [-0.05, 0) is 42.5 Å². The lowest BCUT2D eigenvalue weighted by molar-refractivity contribution is 0.0499. The Bertz CT molecular complexity index is 676. The van der Waals surface area contributed by atoms with E-state index in [0.717, 1.165) is 31.7 Å². The van der Waals surface area contributed by atoms with Crippen molar-refractivity contribution in [3.63, 3.8) is 0 Å². The van der Waals surface area contributed by atoms with E-state index in [2.05, 4.69) is 22.8 Å². The molecule has 0 atom stereocenters. The lowest BCUT2D eigenvalue weighted by Crippen LogP contribution is -2.44. The number of rotatable bonds is 5. The summed E-state index contributed by atoms with van der Waals surface area (Å²) >= 11 is 1.77. The number of nitrogens with one attached hydrogen (secondary N) is 1. The van der Waals surface area contributed by atoms with E-state index >= 15 is 0 Å². The number of hydrogen-bond acceptors (Lipinski definition) is 4. The molecule has 24 heavy (non-hydrogen) atoms. The normalized spacial score (nSPS) is 16.6. The lowest BCUT2D eigenvalue weighted by Gasteiger charge is -2.36. The molecule has 2 aromatic rings. The molecule has 0 aliphatic carbocycles. The third kappa shape index (κ3) is 3.62. The van der Waals surface area contributed by atoms with E-state index in [1.165, 1.54) is 4.88 Å². The van der Waals surface area contributed by atoms with E-state index in [0.29, 0.717) is 12.1 Å². The van der Waals surface area contributed by atoms with Crippen LogP contribution in [0.2, 0.25) is 0 Å². The van der Waals surface area contributed by atoms with Gasteiger partial charge >= 0.3 is 0 Å². The topological polar surface area (TPSA) is 41.6 Å². The fourth-order valence-electron chi connectivity index (χ4n) is 3.13. The summed E-state index contributed by atoms with van der Waals surface area (Å²) in [5.74, 6) is -0.0128. The van der Waals surface area contributed by atoms with E-state index in [-0.39, 0.29) is 11.3 Å². The average Bonchev–Trinajstić information content (AvgIpc) is 3.16. The first-order chi connectivity index (χ1) is 11.6. The van der Waals surface area contributed by atoms with Gasteiger partial charge in [-0.15, -0.1) is 11.3 Å². The summed E-state index contributed by atoms with van der Waals surface area (Å²) in [6, 6.07) is 12.0. The molecule has 4 nitrogen and oxygen atoms in total. The van der Waals surface area contributed by atoms with Crippen molar-refractivity contribution in [1.82, 2.24) is 5.32 Å². The van der Waals surface area contributed by atoms with Gasteiger partial charge in [0.05, 0.1) is 0 Å². The van der Waals surface area contributed by atoms with Crippen LogP contribution in [-0.4, -0.2) is 39.8 Å². The number of anilines is 1. The highest BCUT2D eigenvalue weighted by molar-refractivity contribution is 7.10. The van der Waals surface area contributed by atoms with Crippen molar-refractivity contribution in [1.29, 1.82) is 0 Å². The molecule has 2 heterocycles. The monoisotopic (exact) mass is 344 g/mol. The minimum absolute atomic E-state index is 0.00123. The maximum atomic E-state index is 12.6. The summed E-state index contributed by atoms with van der Waals surface area (Å²) in [7, 11) is 3.95. The fourth-order valence-corrected chi connectivity index (χ4v) is 4.12. The highest BCUT2D eigenvalue weighted by atomic mass is 32.1. The van der Waals surface area contributed by atoms with Crippen molar-refractivity contribution in [2.24, 2.45) is 0 Å². The Hall–Kier alpha value is -1.85. The van der Waals surface area contributed by atoms with Gasteiger partial charge < -0.3 is 15.0 Å². The second kappa shape index (κ2) is 7.36. The Morgan fingerprint density at radius 2 is 2.04 bits per heavy atom. The van der Waals surface area contributed by atoms with Crippen molar-refractivity contribution in [2.45, 2.75) is 18.3 Å². The summed E-state index contributed by atoms with van der Waals surface area (Å²) < 4.78 is 5.54. The maximum Gasteiger partial charge on any atom is 0.251 e. The summed E-state index contributed by atoms with van der Waals surface area (Å²) in [4.78, 5) is 16.0. The van der Waals surface area contributed by atoms with Gasteiger partial charge in [-0.1, -0.05) is 12.1 Å². The van der Waals surface area contributed by atoms with Crippen LogP contribution < -0.4 is 10.2 Å². The average molecular weight is 344 g/mol. The van der Waals surface area contributed by atoms with Crippen LogP contribution in [0.3, 0.4) is 0 Å². The standard InChI is InChI=1S/C19H24N2O2S/c1-21(2)16-6-3-5-15(13-16)18(22)20-14-19(8-10-23-11-9-19)17-7-4-12-24-17/h3-7,12-13H,8-11,14H2,1-2H3,(H,20,22). The third-order valence-corrected chi connectivity index (χ3v) is 5.82. The molecule has 1 amide bonds. The summed E-state index contributed by atoms with van der Waals surface area (Å²) in [6.45, 7) is 2.16. The largest absolute Gasteiger partial charge is 0.381 e. The molecular formula is C19H24N2O2S. The number of benzene rings is 1. The molecule has 1 aromatic heterocycles. The van der Waals surface area contributed by atoms with Crippen LogP contribution in [0.5, 0.6) is 0 Å². The third-order valence-electron chi connectivity index (χ3n) is 4.71. The van der Waals surface area contributed by atoms with Crippen LogP contribution in [0.1, 0.15) is 28.1 Å². The Labute approximate surface area is 147 Å². The Morgan fingerprint density at radius 3 is 2.71 bits per heavy atom. The zero-order valence-corrected chi connectivity index (χ0v) is 15.1. The SMILES string of the molecule is CN(C)c1cccc(C(=O)NCC2(c3cccs3)CCOCC2)c1. The second-order valence-electron chi connectivity index (χ2n) is 6.50. The van der Waals surface area contributed by atoms with Gasteiger partial charge in [0.15, 0.2) is 0 Å². The minimum Gasteiger partial charge on any atom is -0.381 e. The van der Waals surface area contributed by atoms with Gasteiger partial charge in [0.1, 0.15) is 0 Å². The molecule has 5 heteroatoms. The predicted molar refractivity (Wildman–Crippen MR) is 99.2 cm³/mol. The maximum absolute atomic E-state index is 12.6. The summed E-state index contributed by atoms with van der Waals surface area (Å²) in [6.07, 6.45) is 1.90. The quantitative estimate of drug-likeness (QED) is 0.905. The van der Waals surface area contributed by atoms with E-state index in [1.807, 2.05) is 43.3 Å². The molecule has 0 saturated carbocycles. The van der Waals surface area contributed by atoms with Crippen LogP contribution in [0.25, 0.3) is 0 Å². The van der Waals surface area contributed by atoms with E-state index in [1.54, 1.807) is 11.3 Å². The number of carbonyl (C=O) groups excluding carboxylic acids is 1. The molecule has 0 radical (unpaired) electrons. The number of ether oxygens (including phenoxy) is 1. The summed E-state index contributed by atoms with van der Waals surface area (Å²) in [5, 5.41) is 5.26. The number of thiophene rings is 1. The number of carbonyl (C=O) groups is 1. The first-order valence-electron chi connectivity index (χ1n) is 8.28. The van der Waals surface area contributed by atoms with Crippen molar-refractivity contribution >= 4 is 22.9 Å².